The largest absolute Gasteiger partial charge is 0.481 e. The van der Waals surface area contributed by atoms with Crippen LogP contribution in [0.3, 0.4) is 0 Å². The standard InChI is InChI=1S/C88H169N5O11/c1-32-62(28)75(59(22)23)79(76(60(24)25)63(29)45-90-68(97)41-36-34-33-35-40-67(96)89-44-38-37-39-65(84(100)101)92-86(104)93-66(85(102)103)42-43-69(98)99)80(77(70(49(2)3)50(4)5)71(51(6)7)52(8)9)81(78(72(53(10)11)54(12)13)73(55(14)15)56(16)17)82(74(57(18)19)58(20)21)83(61(26)27)87(30)48-88(87,31)91-46-64(95)47-94/h49-66,70-83,91,94-95H,32-48H2,1-31H3,(H,89,96)(H,90,97)(H,98,99)(H,100,101)(H,102,103)(H2,92,93,104). The molecule has 16 heteroatoms. The normalized spacial score (nSPS) is 19.8. The topological polar surface area (TPSA) is 264 Å². The van der Waals surface area contributed by atoms with Gasteiger partial charge in [0.2, 0.25) is 11.8 Å². The first kappa shape index (κ1) is 98.5. The van der Waals surface area contributed by atoms with Crippen LogP contribution in [0.1, 0.15) is 298 Å². The van der Waals surface area contributed by atoms with Gasteiger partial charge in [-0.2, -0.15) is 0 Å². The second-order valence-corrected chi connectivity index (χ2v) is 38.6. The minimum Gasteiger partial charge on any atom is -0.481 e. The van der Waals surface area contributed by atoms with Crippen molar-refractivity contribution in [2.24, 2.45) is 177 Å². The molecule has 0 spiro atoms. The number of β-amino-alcohol motifs (C(OH)–C–C–N with tert-alkyl or cyclic N) is 1. The van der Waals surface area contributed by atoms with Gasteiger partial charge in [0.05, 0.1) is 12.7 Å². The Balaban J connectivity index is 4.45. The number of carbonyl (C=O) groups excluding carboxylic acids is 3. The Hall–Kier alpha value is -3.50. The molecule has 612 valence electrons. The molecule has 0 aromatic carbocycles. The lowest BCUT2D eigenvalue weighted by molar-refractivity contribution is -0.159. The lowest BCUT2D eigenvalue weighted by Gasteiger charge is -2.63. The number of unbranched alkanes of at least 4 members (excludes halogenated alkanes) is 4. The van der Waals surface area contributed by atoms with Crippen LogP contribution in [0.25, 0.3) is 0 Å². The van der Waals surface area contributed by atoms with E-state index < -0.39 is 48.5 Å². The van der Waals surface area contributed by atoms with Crippen LogP contribution in [0.15, 0.2) is 0 Å². The third-order valence-corrected chi connectivity index (χ3v) is 26.5. The average molecular weight is 1470 g/mol. The molecule has 14 unspecified atom stereocenters. The van der Waals surface area contributed by atoms with E-state index in [9.17, 15) is 49.2 Å². The molecule has 0 aromatic rings. The van der Waals surface area contributed by atoms with Crippen molar-refractivity contribution >= 4 is 35.8 Å². The number of nitrogens with one attached hydrogen (secondary N) is 5. The Kier molecular flexibility index (Phi) is 43.8. The molecule has 14 atom stereocenters. The molecule has 10 N–H and O–H groups in total. The van der Waals surface area contributed by atoms with Crippen LogP contribution >= 0.6 is 0 Å². The minimum absolute atomic E-state index is 0.0380. The summed E-state index contributed by atoms with van der Waals surface area (Å²) in [6.45, 7) is 80.7. The molecule has 1 rings (SSSR count). The Bertz CT molecular complexity index is 2400. The molecule has 0 aliphatic heterocycles. The van der Waals surface area contributed by atoms with E-state index in [0.717, 1.165) is 25.7 Å². The number of aliphatic hydroxyl groups is 2. The van der Waals surface area contributed by atoms with Crippen LogP contribution < -0.4 is 26.6 Å². The molecule has 0 saturated heterocycles. The first-order valence-electron chi connectivity index (χ1n) is 42.4. The SMILES string of the molecule is CCC(C)C(C(C)C)C(C(C(C)C)C(C)CNC(=O)CCCCCCC(=O)NCCCCC(NC(=O)NC(CCC(=O)O)C(=O)O)C(=O)O)C(C(C(C(C)C)C(C)C)C(C(C)C)C(C)C)C(C(C(C(C)C)C(C)C)C(C(C)C)C(C)C)C(C(C(C)C)C(C)C)C(C(C)C)C1(C)CC1(C)NCC(O)CO. The van der Waals surface area contributed by atoms with Crippen molar-refractivity contribution in [2.45, 2.75) is 322 Å². The van der Waals surface area contributed by atoms with Gasteiger partial charge in [-0.05, 0) is 229 Å². The average Bonchev–Trinajstić information content (AvgIpc) is 1.57. The minimum atomic E-state index is -1.50. The summed E-state index contributed by atoms with van der Waals surface area (Å²) in [5.41, 5.74) is -0.382. The first-order chi connectivity index (χ1) is 48.1. The van der Waals surface area contributed by atoms with Gasteiger partial charge in [0.1, 0.15) is 12.1 Å². The highest BCUT2D eigenvalue weighted by Crippen LogP contribution is 2.70. The fourth-order valence-electron chi connectivity index (χ4n) is 22.9. The zero-order valence-electron chi connectivity index (χ0n) is 72.7. The summed E-state index contributed by atoms with van der Waals surface area (Å²) in [5.74, 6) is 6.69. The summed E-state index contributed by atoms with van der Waals surface area (Å²) < 4.78 is 0. The molecule has 1 aliphatic rings. The number of amides is 4. The smallest absolute Gasteiger partial charge is 0.326 e. The van der Waals surface area contributed by atoms with Crippen LogP contribution in [-0.4, -0.2) is 111 Å². The van der Waals surface area contributed by atoms with E-state index >= 15 is 0 Å². The van der Waals surface area contributed by atoms with Crippen molar-refractivity contribution < 1.29 is 54.3 Å². The molecule has 0 aromatic heterocycles. The number of carbonyl (C=O) groups is 6. The van der Waals surface area contributed by atoms with Crippen LogP contribution in [0.4, 0.5) is 4.79 Å². The van der Waals surface area contributed by atoms with Gasteiger partial charge in [-0.3, -0.25) is 14.4 Å². The van der Waals surface area contributed by atoms with Gasteiger partial charge in [0, 0.05) is 44.4 Å². The summed E-state index contributed by atoms with van der Waals surface area (Å²) in [4.78, 5) is 74.5. The number of hydrogen-bond donors (Lipinski definition) is 10. The molecule has 1 saturated carbocycles. The quantitative estimate of drug-likeness (QED) is 0.0255. The summed E-state index contributed by atoms with van der Waals surface area (Å²) in [5, 5.41) is 64.5. The van der Waals surface area contributed by atoms with E-state index in [-0.39, 0.29) is 65.9 Å². The molecule has 0 heterocycles. The molecule has 1 aliphatic carbocycles. The predicted octanol–water partition coefficient (Wildman–Crippen LogP) is 18.7. The zero-order chi connectivity index (χ0) is 80.5. The van der Waals surface area contributed by atoms with Gasteiger partial charge in [-0.1, -0.05) is 227 Å². The molecule has 0 bridgehead atoms. The van der Waals surface area contributed by atoms with E-state index in [1.807, 2.05) is 0 Å². The number of rotatable bonds is 55. The van der Waals surface area contributed by atoms with E-state index in [4.69, 9.17) is 5.11 Å². The Morgan fingerprint density at radius 3 is 1.06 bits per heavy atom. The van der Waals surface area contributed by atoms with Crippen molar-refractivity contribution in [1.82, 2.24) is 26.6 Å². The highest BCUT2D eigenvalue weighted by Gasteiger charge is 2.69. The van der Waals surface area contributed by atoms with Crippen molar-refractivity contribution in [1.29, 1.82) is 0 Å². The Morgan fingerprint density at radius 1 is 0.375 bits per heavy atom. The van der Waals surface area contributed by atoms with E-state index in [2.05, 4.69) is 241 Å². The zero-order valence-corrected chi connectivity index (χ0v) is 72.7. The third-order valence-electron chi connectivity index (χ3n) is 26.5. The maximum atomic E-state index is 14.6. The second kappa shape index (κ2) is 46.2. The predicted molar refractivity (Wildman–Crippen MR) is 432 cm³/mol. The van der Waals surface area contributed by atoms with E-state index in [1.54, 1.807) is 0 Å². The fraction of sp³-hybridized carbons (Fsp3) is 0.932. The monoisotopic (exact) mass is 1470 g/mol. The molecular formula is C88H169N5O11. The lowest BCUT2D eigenvalue weighted by atomic mass is 9.42. The second-order valence-electron chi connectivity index (χ2n) is 38.6. The maximum absolute atomic E-state index is 14.6. The summed E-state index contributed by atoms with van der Waals surface area (Å²) in [7, 11) is 0. The molecule has 16 nitrogen and oxygen atoms in total. The van der Waals surface area contributed by atoms with Crippen LogP contribution in [0.5, 0.6) is 0 Å². The molecule has 104 heavy (non-hydrogen) atoms. The fourth-order valence-corrected chi connectivity index (χ4v) is 22.9. The van der Waals surface area contributed by atoms with E-state index in [0.29, 0.717) is 206 Å². The Morgan fingerprint density at radius 2 is 0.712 bits per heavy atom. The molecule has 0 radical (unpaired) electrons. The summed E-state index contributed by atoms with van der Waals surface area (Å²) in [6, 6.07) is -3.83. The maximum Gasteiger partial charge on any atom is 0.326 e. The number of carboxylic acid groups (broad SMARTS) is 3. The van der Waals surface area contributed by atoms with Crippen molar-refractivity contribution in [3.05, 3.63) is 0 Å². The summed E-state index contributed by atoms with van der Waals surface area (Å²) in [6.07, 6.45) is 4.95. The van der Waals surface area contributed by atoms with Gasteiger partial charge in [-0.15, -0.1) is 0 Å². The number of urea groups is 1. The van der Waals surface area contributed by atoms with Crippen LogP contribution in [0.2, 0.25) is 0 Å². The van der Waals surface area contributed by atoms with Crippen molar-refractivity contribution in [3.63, 3.8) is 0 Å². The third kappa shape index (κ3) is 28.7. The number of carboxylic acids is 3. The van der Waals surface area contributed by atoms with Gasteiger partial charge in [0.25, 0.3) is 0 Å². The van der Waals surface area contributed by atoms with Crippen LogP contribution in [-0.2, 0) is 24.0 Å². The van der Waals surface area contributed by atoms with Gasteiger partial charge >= 0.3 is 23.9 Å². The highest BCUT2D eigenvalue weighted by molar-refractivity contribution is 5.86. The molecule has 1 fully saturated rings. The highest BCUT2D eigenvalue weighted by atomic mass is 16.4. The number of hydrogen-bond acceptors (Lipinski definition) is 9. The van der Waals surface area contributed by atoms with Gasteiger partial charge < -0.3 is 52.1 Å². The van der Waals surface area contributed by atoms with Crippen molar-refractivity contribution in [3.8, 4) is 0 Å². The van der Waals surface area contributed by atoms with Crippen molar-refractivity contribution in [2.75, 3.05) is 26.2 Å². The van der Waals surface area contributed by atoms with E-state index in [1.165, 1.54) is 0 Å². The number of aliphatic carboxylic acids is 3. The summed E-state index contributed by atoms with van der Waals surface area (Å²) >= 11 is 0. The number of aliphatic hydroxyl groups excluding tert-OH is 2. The molecular weight excluding hydrogens is 1300 g/mol. The molecule has 4 amide bonds. The van der Waals surface area contributed by atoms with Gasteiger partial charge in [-0.25, -0.2) is 14.4 Å². The van der Waals surface area contributed by atoms with Gasteiger partial charge in [0.15, 0.2) is 0 Å². The Labute approximate surface area is 638 Å². The lowest BCUT2D eigenvalue weighted by Crippen LogP contribution is -2.60. The van der Waals surface area contributed by atoms with Crippen LogP contribution in [0, 0.1) is 177 Å². The first-order valence-corrected chi connectivity index (χ1v) is 42.4.